The van der Waals surface area contributed by atoms with E-state index in [2.05, 4.69) is 42.6 Å². The van der Waals surface area contributed by atoms with Crippen LogP contribution >= 0.6 is 0 Å². The smallest absolute Gasteiger partial charge is 0.242 e. The number of hydrogen-bond acceptors (Lipinski definition) is 3. The molecule has 1 heterocycles. The standard InChI is InChI=1S/C18H24N2OSi/c1-14-10-11-16(20-12-14)13-19-15(2)17-8-6-7-9-18(17)21-22(3,4)5/h6-13,15H,1-5H3. The Kier molecular flexibility index (Phi) is 5.14. The highest BCUT2D eigenvalue weighted by Crippen LogP contribution is 2.29. The summed E-state index contributed by atoms with van der Waals surface area (Å²) in [6, 6.07) is 12.2. The van der Waals surface area contributed by atoms with Crippen LogP contribution in [0.25, 0.3) is 0 Å². The molecule has 0 radical (unpaired) electrons. The Hall–Kier alpha value is -1.94. The summed E-state index contributed by atoms with van der Waals surface area (Å²) in [4.78, 5) is 8.98. The fourth-order valence-electron chi connectivity index (χ4n) is 2.07. The first kappa shape index (κ1) is 16.4. The molecule has 0 N–H and O–H groups in total. The van der Waals surface area contributed by atoms with Crippen LogP contribution in [0.2, 0.25) is 19.6 Å². The van der Waals surface area contributed by atoms with Gasteiger partial charge in [0.15, 0.2) is 0 Å². The van der Waals surface area contributed by atoms with Crippen LogP contribution in [0.15, 0.2) is 47.6 Å². The van der Waals surface area contributed by atoms with Crippen molar-refractivity contribution in [3.05, 3.63) is 59.4 Å². The van der Waals surface area contributed by atoms with Crippen LogP contribution in [-0.4, -0.2) is 19.5 Å². The van der Waals surface area contributed by atoms with E-state index in [4.69, 9.17) is 4.43 Å². The van der Waals surface area contributed by atoms with Crippen molar-refractivity contribution in [3.63, 3.8) is 0 Å². The second-order valence-electron chi connectivity index (χ2n) is 6.47. The van der Waals surface area contributed by atoms with E-state index in [1.54, 1.807) is 0 Å². The second kappa shape index (κ2) is 6.88. The summed E-state index contributed by atoms with van der Waals surface area (Å²) in [6.07, 6.45) is 3.68. The maximum atomic E-state index is 6.17. The molecule has 2 aromatic rings. The molecule has 1 atom stereocenters. The molecule has 3 nitrogen and oxygen atoms in total. The van der Waals surface area contributed by atoms with E-state index < -0.39 is 8.32 Å². The highest BCUT2D eigenvalue weighted by molar-refractivity contribution is 6.70. The Labute approximate surface area is 134 Å². The zero-order valence-corrected chi connectivity index (χ0v) is 15.0. The van der Waals surface area contributed by atoms with Crippen molar-refractivity contribution in [2.45, 2.75) is 39.5 Å². The lowest BCUT2D eigenvalue weighted by Gasteiger charge is -2.22. The molecule has 0 aliphatic heterocycles. The van der Waals surface area contributed by atoms with Crippen LogP contribution in [0.3, 0.4) is 0 Å². The van der Waals surface area contributed by atoms with Gasteiger partial charge in [-0.25, -0.2) is 0 Å². The zero-order chi connectivity index (χ0) is 16.2. The number of pyridine rings is 1. The Morgan fingerprint density at radius 1 is 1.14 bits per heavy atom. The van der Waals surface area contributed by atoms with Gasteiger partial charge in [0.2, 0.25) is 8.32 Å². The number of hydrogen-bond donors (Lipinski definition) is 0. The Bertz CT molecular complexity index is 645. The van der Waals surface area contributed by atoms with Gasteiger partial charge in [-0.05, 0) is 51.2 Å². The largest absolute Gasteiger partial charge is 0.544 e. The predicted molar refractivity (Wildman–Crippen MR) is 95.4 cm³/mol. The molecule has 0 saturated heterocycles. The lowest BCUT2D eigenvalue weighted by Crippen LogP contribution is -2.29. The van der Waals surface area contributed by atoms with E-state index in [1.807, 2.05) is 49.7 Å². The van der Waals surface area contributed by atoms with Gasteiger partial charge >= 0.3 is 0 Å². The number of rotatable bonds is 5. The minimum absolute atomic E-state index is 0.0376. The third-order valence-electron chi connectivity index (χ3n) is 3.15. The normalized spacial score (nSPS) is 13.3. The lowest BCUT2D eigenvalue weighted by molar-refractivity contribution is 0.543. The first-order chi connectivity index (χ1) is 10.3. The average Bonchev–Trinajstić information content (AvgIpc) is 2.45. The number of benzene rings is 1. The van der Waals surface area contributed by atoms with Gasteiger partial charge in [0.05, 0.1) is 11.7 Å². The highest BCUT2D eigenvalue weighted by atomic mass is 28.4. The third-order valence-corrected chi connectivity index (χ3v) is 3.98. The van der Waals surface area contributed by atoms with E-state index in [-0.39, 0.29) is 6.04 Å². The predicted octanol–water partition coefficient (Wildman–Crippen LogP) is 4.78. The number of aryl methyl sites for hydroxylation is 1. The van der Waals surface area contributed by atoms with Crippen molar-refractivity contribution in [2.24, 2.45) is 4.99 Å². The van der Waals surface area contributed by atoms with Gasteiger partial charge in [0.1, 0.15) is 5.75 Å². The molecule has 1 unspecified atom stereocenters. The van der Waals surface area contributed by atoms with Gasteiger partial charge in [0, 0.05) is 18.0 Å². The lowest BCUT2D eigenvalue weighted by atomic mass is 10.1. The van der Waals surface area contributed by atoms with Gasteiger partial charge in [-0.1, -0.05) is 24.3 Å². The van der Waals surface area contributed by atoms with Crippen LogP contribution < -0.4 is 4.43 Å². The van der Waals surface area contributed by atoms with Crippen molar-refractivity contribution in [1.29, 1.82) is 0 Å². The van der Waals surface area contributed by atoms with Gasteiger partial charge in [-0.2, -0.15) is 0 Å². The molecule has 0 amide bonds. The summed E-state index contributed by atoms with van der Waals surface area (Å²) in [5, 5.41) is 0. The maximum Gasteiger partial charge on any atom is 0.242 e. The first-order valence-corrected chi connectivity index (χ1v) is 11.0. The SMILES string of the molecule is Cc1ccc(C=NC(C)c2ccccc2O[Si](C)(C)C)nc1. The van der Waals surface area contributed by atoms with Crippen LogP contribution in [0, 0.1) is 6.92 Å². The van der Waals surface area contributed by atoms with Crippen LogP contribution in [0.1, 0.15) is 29.8 Å². The molecule has 0 fully saturated rings. The molecule has 1 aromatic carbocycles. The molecule has 0 saturated carbocycles. The number of para-hydroxylation sites is 1. The summed E-state index contributed by atoms with van der Waals surface area (Å²) >= 11 is 0. The molecular weight excluding hydrogens is 288 g/mol. The minimum Gasteiger partial charge on any atom is -0.544 e. The van der Waals surface area contributed by atoms with Crippen molar-refractivity contribution in [3.8, 4) is 5.75 Å². The van der Waals surface area contributed by atoms with Crippen molar-refractivity contribution in [1.82, 2.24) is 4.98 Å². The molecule has 0 spiro atoms. The topological polar surface area (TPSA) is 34.5 Å². The molecule has 0 aliphatic carbocycles. The third kappa shape index (κ3) is 4.81. The molecule has 0 bridgehead atoms. The highest BCUT2D eigenvalue weighted by Gasteiger charge is 2.19. The van der Waals surface area contributed by atoms with E-state index in [1.165, 1.54) is 0 Å². The van der Waals surface area contributed by atoms with Gasteiger partial charge in [0.25, 0.3) is 0 Å². The number of nitrogens with zero attached hydrogens (tertiary/aromatic N) is 2. The molecule has 2 rings (SSSR count). The Morgan fingerprint density at radius 2 is 1.86 bits per heavy atom. The van der Waals surface area contributed by atoms with Crippen molar-refractivity contribution < 1.29 is 4.43 Å². The Balaban J connectivity index is 2.19. The summed E-state index contributed by atoms with van der Waals surface area (Å²) in [6.45, 7) is 10.7. The molecule has 0 aliphatic rings. The Morgan fingerprint density at radius 3 is 2.50 bits per heavy atom. The first-order valence-electron chi connectivity index (χ1n) is 7.59. The summed E-state index contributed by atoms with van der Waals surface area (Å²) in [5.74, 6) is 0.947. The molecule has 1 aromatic heterocycles. The molecular formula is C18H24N2OSi. The van der Waals surface area contributed by atoms with Gasteiger partial charge in [-0.3, -0.25) is 9.98 Å². The summed E-state index contributed by atoms with van der Waals surface area (Å²) in [5.41, 5.74) is 3.15. The number of aliphatic imine (C=N–C) groups is 1. The van der Waals surface area contributed by atoms with E-state index in [9.17, 15) is 0 Å². The van der Waals surface area contributed by atoms with Crippen LogP contribution in [0.5, 0.6) is 5.75 Å². The summed E-state index contributed by atoms with van der Waals surface area (Å²) < 4.78 is 6.17. The monoisotopic (exact) mass is 312 g/mol. The van der Waals surface area contributed by atoms with E-state index >= 15 is 0 Å². The van der Waals surface area contributed by atoms with E-state index in [0.717, 1.165) is 22.6 Å². The van der Waals surface area contributed by atoms with E-state index in [0.29, 0.717) is 0 Å². The zero-order valence-electron chi connectivity index (χ0n) is 14.0. The van der Waals surface area contributed by atoms with Crippen LogP contribution in [-0.2, 0) is 0 Å². The molecule has 116 valence electrons. The quantitative estimate of drug-likeness (QED) is 0.588. The summed E-state index contributed by atoms with van der Waals surface area (Å²) in [7, 11) is -1.63. The second-order valence-corrected chi connectivity index (χ2v) is 10.9. The van der Waals surface area contributed by atoms with Crippen LogP contribution in [0.4, 0.5) is 0 Å². The fraction of sp³-hybridized carbons (Fsp3) is 0.333. The van der Waals surface area contributed by atoms with Crippen molar-refractivity contribution in [2.75, 3.05) is 0 Å². The number of aromatic nitrogens is 1. The van der Waals surface area contributed by atoms with Gasteiger partial charge < -0.3 is 4.43 Å². The average molecular weight is 312 g/mol. The maximum absolute atomic E-state index is 6.17. The fourth-order valence-corrected chi connectivity index (χ4v) is 2.92. The van der Waals surface area contributed by atoms with Crippen molar-refractivity contribution >= 4 is 14.5 Å². The van der Waals surface area contributed by atoms with Gasteiger partial charge in [-0.15, -0.1) is 0 Å². The minimum atomic E-state index is -1.63. The molecule has 4 heteroatoms. The molecule has 22 heavy (non-hydrogen) atoms.